The summed E-state index contributed by atoms with van der Waals surface area (Å²) in [4.78, 5) is 0. The van der Waals surface area contributed by atoms with Crippen molar-refractivity contribution < 1.29 is 9.47 Å². The number of nitrogens with one attached hydrogen (secondary N) is 1. The fourth-order valence-corrected chi connectivity index (χ4v) is 2.48. The molecule has 88 valence electrons. The van der Waals surface area contributed by atoms with Crippen LogP contribution in [-0.2, 0) is 9.47 Å². The van der Waals surface area contributed by atoms with Gasteiger partial charge in [-0.25, -0.2) is 0 Å². The first-order valence-electron chi connectivity index (χ1n) is 5.70. The van der Waals surface area contributed by atoms with Crippen LogP contribution in [0.25, 0.3) is 0 Å². The predicted octanol–water partition coefficient (Wildman–Crippen LogP) is 1.74. The van der Waals surface area contributed by atoms with E-state index in [0.29, 0.717) is 0 Å². The first-order valence-corrected chi connectivity index (χ1v) is 5.70. The quantitative estimate of drug-likeness (QED) is 0.706. The van der Waals surface area contributed by atoms with Crippen LogP contribution >= 0.6 is 0 Å². The van der Waals surface area contributed by atoms with Gasteiger partial charge in [-0.3, -0.25) is 0 Å². The second kappa shape index (κ2) is 5.64. The molecule has 1 heterocycles. The molecule has 1 aliphatic heterocycles. The Morgan fingerprint density at radius 3 is 2.53 bits per heavy atom. The van der Waals surface area contributed by atoms with E-state index in [1.165, 1.54) is 0 Å². The molecule has 1 fully saturated rings. The van der Waals surface area contributed by atoms with Gasteiger partial charge in [0.05, 0.1) is 11.6 Å². The third kappa shape index (κ3) is 2.80. The van der Waals surface area contributed by atoms with Gasteiger partial charge >= 0.3 is 0 Å². The highest BCUT2D eigenvalue weighted by atomic mass is 16.5. The first-order chi connectivity index (χ1) is 7.16. The van der Waals surface area contributed by atoms with E-state index in [2.05, 4.69) is 18.8 Å². The van der Waals surface area contributed by atoms with Gasteiger partial charge in [0.1, 0.15) is 0 Å². The highest BCUT2D eigenvalue weighted by molar-refractivity contribution is 5.12. The first kappa shape index (κ1) is 12.7. The summed E-state index contributed by atoms with van der Waals surface area (Å²) in [5.41, 5.74) is 1.01. The highest BCUT2D eigenvalue weighted by Gasteiger charge is 2.40. The van der Waals surface area contributed by atoms with E-state index >= 15 is 0 Å². The van der Waals surface area contributed by atoms with E-state index in [-0.39, 0.29) is 11.6 Å². The molecule has 0 amide bonds. The summed E-state index contributed by atoms with van der Waals surface area (Å²) in [5, 5.41) is 3.32. The maximum absolute atomic E-state index is 5.98. The zero-order chi connectivity index (χ0) is 11.3. The molecule has 1 aliphatic rings. The summed E-state index contributed by atoms with van der Waals surface area (Å²) in [7, 11) is 1.97. The molecule has 0 radical (unpaired) electrons. The topological polar surface area (TPSA) is 30.5 Å². The molecule has 1 rings (SSSR count). The Morgan fingerprint density at radius 1 is 1.53 bits per heavy atom. The molecule has 0 aliphatic carbocycles. The smallest absolute Gasteiger partial charge is 0.0916 e. The number of rotatable bonds is 5. The van der Waals surface area contributed by atoms with Gasteiger partial charge in [-0.05, 0) is 20.9 Å². The van der Waals surface area contributed by atoms with Gasteiger partial charge in [0, 0.05) is 32.7 Å². The lowest BCUT2D eigenvalue weighted by Gasteiger charge is -2.43. The van der Waals surface area contributed by atoms with Gasteiger partial charge in [0.25, 0.3) is 0 Å². The second-order valence-corrected chi connectivity index (χ2v) is 4.18. The summed E-state index contributed by atoms with van der Waals surface area (Å²) >= 11 is 0. The number of likely N-dealkylation sites (N-methyl/N-ethyl adjacent to an activating group) is 1. The van der Waals surface area contributed by atoms with Crippen molar-refractivity contribution in [2.24, 2.45) is 0 Å². The third-order valence-electron chi connectivity index (χ3n) is 3.08. The van der Waals surface area contributed by atoms with Crippen LogP contribution in [0.3, 0.4) is 0 Å². The molecule has 1 N–H and O–H groups in total. The molecule has 1 atom stereocenters. The Kier molecular flexibility index (Phi) is 4.77. The number of hydrogen-bond acceptors (Lipinski definition) is 3. The van der Waals surface area contributed by atoms with E-state index < -0.39 is 0 Å². The normalized spacial score (nSPS) is 22.3. The molecule has 1 saturated heterocycles. The lowest BCUT2D eigenvalue weighted by Crippen LogP contribution is -2.55. The van der Waals surface area contributed by atoms with Crippen molar-refractivity contribution in [1.29, 1.82) is 0 Å². The summed E-state index contributed by atoms with van der Waals surface area (Å²) < 4.78 is 11.4. The monoisotopic (exact) mass is 213 g/mol. The van der Waals surface area contributed by atoms with Crippen molar-refractivity contribution in [2.45, 2.75) is 38.3 Å². The van der Waals surface area contributed by atoms with Crippen LogP contribution in [0.15, 0.2) is 12.2 Å². The van der Waals surface area contributed by atoms with Crippen LogP contribution in [0.4, 0.5) is 0 Å². The van der Waals surface area contributed by atoms with E-state index in [0.717, 1.165) is 38.2 Å². The standard InChI is InChI=1S/C12H23NO2/c1-5-15-12(6-8-14-9-7-12)11(13-4)10(2)3/h11,13H,2,5-9H2,1,3-4H3. The average molecular weight is 213 g/mol. The van der Waals surface area contributed by atoms with E-state index in [1.54, 1.807) is 0 Å². The van der Waals surface area contributed by atoms with Crippen LogP contribution in [-0.4, -0.2) is 38.5 Å². The van der Waals surface area contributed by atoms with Crippen molar-refractivity contribution in [3.05, 3.63) is 12.2 Å². The number of ether oxygens (including phenoxy) is 2. The number of hydrogen-bond donors (Lipinski definition) is 1. The minimum absolute atomic E-state index is 0.117. The fourth-order valence-electron chi connectivity index (χ4n) is 2.48. The van der Waals surface area contributed by atoms with Crippen molar-refractivity contribution >= 4 is 0 Å². The Morgan fingerprint density at radius 2 is 2.13 bits per heavy atom. The van der Waals surface area contributed by atoms with Crippen molar-refractivity contribution in [3.63, 3.8) is 0 Å². The molecule has 15 heavy (non-hydrogen) atoms. The van der Waals surface area contributed by atoms with Gasteiger partial charge in [-0.15, -0.1) is 0 Å². The van der Waals surface area contributed by atoms with E-state index in [1.807, 2.05) is 14.0 Å². The second-order valence-electron chi connectivity index (χ2n) is 4.18. The molecule has 0 aromatic carbocycles. The van der Waals surface area contributed by atoms with Crippen LogP contribution in [0, 0.1) is 0 Å². The van der Waals surface area contributed by atoms with Crippen molar-refractivity contribution in [1.82, 2.24) is 5.32 Å². The lowest BCUT2D eigenvalue weighted by atomic mass is 9.82. The molecule has 0 spiro atoms. The van der Waals surface area contributed by atoms with Crippen LogP contribution in [0.1, 0.15) is 26.7 Å². The minimum Gasteiger partial charge on any atom is -0.381 e. The summed E-state index contributed by atoms with van der Waals surface area (Å²) in [6.07, 6.45) is 1.89. The maximum atomic E-state index is 5.98. The van der Waals surface area contributed by atoms with E-state index in [9.17, 15) is 0 Å². The molecule has 0 bridgehead atoms. The zero-order valence-electron chi connectivity index (χ0n) is 10.1. The molecule has 0 aromatic heterocycles. The van der Waals surface area contributed by atoms with E-state index in [4.69, 9.17) is 9.47 Å². The molecule has 0 saturated carbocycles. The predicted molar refractivity (Wildman–Crippen MR) is 62.1 cm³/mol. The molecule has 1 unspecified atom stereocenters. The average Bonchev–Trinajstić information content (AvgIpc) is 2.19. The summed E-state index contributed by atoms with van der Waals surface area (Å²) in [5.74, 6) is 0. The fraction of sp³-hybridized carbons (Fsp3) is 0.833. The molecule has 3 heteroatoms. The maximum Gasteiger partial charge on any atom is 0.0916 e. The molecule has 0 aromatic rings. The highest BCUT2D eigenvalue weighted by Crippen LogP contribution is 2.31. The summed E-state index contributed by atoms with van der Waals surface area (Å²) in [6.45, 7) is 10.5. The Hall–Kier alpha value is -0.380. The zero-order valence-corrected chi connectivity index (χ0v) is 10.1. The Labute approximate surface area is 92.8 Å². The van der Waals surface area contributed by atoms with Gasteiger partial charge < -0.3 is 14.8 Å². The molecular weight excluding hydrogens is 190 g/mol. The van der Waals surface area contributed by atoms with Gasteiger partial charge in [0.15, 0.2) is 0 Å². The van der Waals surface area contributed by atoms with Crippen molar-refractivity contribution in [2.75, 3.05) is 26.9 Å². The van der Waals surface area contributed by atoms with Gasteiger partial charge in [0.2, 0.25) is 0 Å². The minimum atomic E-state index is -0.117. The SMILES string of the molecule is C=C(C)C(NC)C1(OCC)CCOCC1. The van der Waals surface area contributed by atoms with Crippen molar-refractivity contribution in [3.8, 4) is 0 Å². The Bertz CT molecular complexity index is 204. The largest absolute Gasteiger partial charge is 0.381 e. The van der Waals surface area contributed by atoms with Crippen LogP contribution in [0.5, 0.6) is 0 Å². The van der Waals surface area contributed by atoms with Gasteiger partial charge in [-0.1, -0.05) is 12.2 Å². The van der Waals surface area contributed by atoms with Crippen LogP contribution < -0.4 is 5.32 Å². The lowest BCUT2D eigenvalue weighted by molar-refractivity contribution is -0.119. The van der Waals surface area contributed by atoms with Crippen LogP contribution in [0.2, 0.25) is 0 Å². The molecular formula is C12H23NO2. The summed E-state index contributed by atoms with van der Waals surface area (Å²) in [6, 6.07) is 0.223. The van der Waals surface area contributed by atoms with Gasteiger partial charge in [-0.2, -0.15) is 0 Å². The third-order valence-corrected chi connectivity index (χ3v) is 3.08. The molecule has 3 nitrogen and oxygen atoms in total. The Balaban J connectivity index is 2.81.